The van der Waals surface area contributed by atoms with Crippen LogP contribution in [0.25, 0.3) is 11.1 Å². The van der Waals surface area contributed by atoms with Gasteiger partial charge in [0, 0.05) is 5.56 Å². The molecule has 0 unspecified atom stereocenters. The Morgan fingerprint density at radius 3 is 2.26 bits per heavy atom. The first kappa shape index (κ1) is 31.8. The first-order valence-electron chi connectivity index (χ1n) is 15.2. The van der Waals surface area contributed by atoms with E-state index in [0.29, 0.717) is 35.1 Å². The number of carbonyl (C=O) groups is 1. The molecular weight excluding hydrogens is 593 g/mol. The summed E-state index contributed by atoms with van der Waals surface area (Å²) in [5.74, 6) is -1.58. The number of amides is 1. The van der Waals surface area contributed by atoms with E-state index in [1.807, 2.05) is 30.3 Å². The summed E-state index contributed by atoms with van der Waals surface area (Å²) in [6, 6.07) is 26.3. The molecule has 2 aliphatic heterocycles. The number of carbonyl (C=O) groups excluding carboxylic acids is 1. The molecular formula is C36H36FNO8. The van der Waals surface area contributed by atoms with Gasteiger partial charge in [-0.1, -0.05) is 72.8 Å². The molecule has 0 bridgehead atoms. The second-order valence-corrected chi connectivity index (χ2v) is 11.9. The molecule has 6 N–H and O–H groups in total. The molecule has 0 aromatic heterocycles. The van der Waals surface area contributed by atoms with Crippen LogP contribution in [0.4, 0.5) is 10.1 Å². The number of β-lactam (4-membered cyclic amide) rings is 1. The maximum Gasteiger partial charge on any atom is 0.233 e. The van der Waals surface area contributed by atoms with Gasteiger partial charge in [0.05, 0.1) is 30.4 Å². The van der Waals surface area contributed by atoms with Gasteiger partial charge >= 0.3 is 0 Å². The predicted molar refractivity (Wildman–Crippen MR) is 167 cm³/mol. The summed E-state index contributed by atoms with van der Waals surface area (Å²) in [5, 5.41) is 62.7. The largest absolute Gasteiger partial charge is 0.508 e. The highest BCUT2D eigenvalue weighted by Crippen LogP contribution is 2.49. The highest BCUT2D eigenvalue weighted by Gasteiger charge is 2.50. The molecule has 10 heteroatoms. The minimum atomic E-state index is -1.52. The Kier molecular flexibility index (Phi) is 9.19. The molecule has 0 saturated carbocycles. The van der Waals surface area contributed by atoms with Gasteiger partial charge in [0.15, 0.2) is 0 Å². The van der Waals surface area contributed by atoms with Gasteiger partial charge in [-0.25, -0.2) is 4.39 Å². The van der Waals surface area contributed by atoms with Gasteiger partial charge in [-0.15, -0.1) is 0 Å². The monoisotopic (exact) mass is 629 g/mol. The molecule has 9 nitrogen and oxygen atoms in total. The molecule has 8 atom stereocenters. The number of rotatable bonds is 9. The smallest absolute Gasteiger partial charge is 0.233 e. The van der Waals surface area contributed by atoms with E-state index in [9.17, 15) is 39.8 Å². The zero-order valence-electron chi connectivity index (χ0n) is 24.8. The number of phenolic OH excluding ortho intramolecular Hbond substituents is 1. The second kappa shape index (κ2) is 13.3. The molecule has 6 rings (SSSR count). The Labute approximate surface area is 265 Å². The Bertz CT molecular complexity index is 1680. The van der Waals surface area contributed by atoms with E-state index in [-0.39, 0.29) is 17.3 Å². The van der Waals surface area contributed by atoms with Crippen molar-refractivity contribution < 1.29 is 44.6 Å². The van der Waals surface area contributed by atoms with E-state index in [4.69, 9.17) is 4.74 Å². The quantitative estimate of drug-likeness (QED) is 0.153. The third kappa shape index (κ3) is 5.91. The Morgan fingerprint density at radius 1 is 0.826 bits per heavy atom. The summed E-state index contributed by atoms with van der Waals surface area (Å²) in [6.07, 6.45) is -6.70. The van der Waals surface area contributed by atoms with E-state index in [0.717, 1.165) is 5.56 Å². The molecule has 2 aliphatic rings. The van der Waals surface area contributed by atoms with Crippen LogP contribution in [0.5, 0.6) is 5.75 Å². The third-order valence-corrected chi connectivity index (χ3v) is 9.05. The van der Waals surface area contributed by atoms with Crippen molar-refractivity contribution in [3.05, 3.63) is 120 Å². The highest BCUT2D eigenvalue weighted by molar-refractivity contribution is 6.03. The topological polar surface area (TPSA) is 151 Å². The summed E-state index contributed by atoms with van der Waals surface area (Å²) in [6.45, 7) is -0.545. The van der Waals surface area contributed by atoms with Crippen molar-refractivity contribution in [2.24, 2.45) is 5.92 Å². The van der Waals surface area contributed by atoms with Crippen LogP contribution in [0.15, 0.2) is 97.1 Å². The maximum absolute atomic E-state index is 14.9. The van der Waals surface area contributed by atoms with E-state index in [1.165, 1.54) is 23.1 Å². The number of anilines is 1. The number of ether oxygens (including phenoxy) is 1. The van der Waals surface area contributed by atoms with Gasteiger partial charge in [-0.2, -0.15) is 0 Å². The van der Waals surface area contributed by atoms with E-state index >= 15 is 0 Å². The summed E-state index contributed by atoms with van der Waals surface area (Å²) in [5.41, 5.74) is 3.01. The average molecular weight is 630 g/mol. The van der Waals surface area contributed by atoms with Crippen molar-refractivity contribution in [2.75, 3.05) is 11.5 Å². The van der Waals surface area contributed by atoms with E-state index in [2.05, 4.69) is 0 Å². The normalized spacial score (nSPS) is 26.9. The van der Waals surface area contributed by atoms with Crippen LogP contribution in [0, 0.1) is 11.7 Å². The minimum absolute atomic E-state index is 0.105. The van der Waals surface area contributed by atoms with Crippen LogP contribution in [0.2, 0.25) is 0 Å². The van der Waals surface area contributed by atoms with Crippen LogP contribution >= 0.6 is 0 Å². The summed E-state index contributed by atoms with van der Waals surface area (Å²) in [4.78, 5) is 14.8. The van der Waals surface area contributed by atoms with Crippen molar-refractivity contribution in [3.63, 3.8) is 0 Å². The number of para-hydroxylation sites is 1. The zero-order chi connectivity index (χ0) is 32.5. The third-order valence-electron chi connectivity index (χ3n) is 9.05. The number of hydrogen-bond acceptors (Lipinski definition) is 8. The highest BCUT2D eigenvalue weighted by atomic mass is 19.1. The Morgan fingerprint density at radius 2 is 1.54 bits per heavy atom. The fourth-order valence-corrected chi connectivity index (χ4v) is 6.53. The number of halogens is 1. The number of aliphatic hydroxyl groups is 5. The molecule has 0 radical (unpaired) electrons. The van der Waals surface area contributed by atoms with Gasteiger partial charge in [0.1, 0.15) is 42.1 Å². The SMILES string of the molecule is O=C1[C@H](CC[C@H](O)c2ccccc2)[C@@H](c2ccc(-c3cccc([C@@H]4O[C@H](CO)[C@@H](O)[C@H](O)[C@H]4O)c3)cc2O)N1c1ccccc1F. The summed E-state index contributed by atoms with van der Waals surface area (Å²) in [7, 11) is 0. The number of benzene rings is 4. The number of aromatic hydroxyl groups is 1. The van der Waals surface area contributed by atoms with Crippen molar-refractivity contribution in [1.29, 1.82) is 0 Å². The minimum Gasteiger partial charge on any atom is -0.508 e. The Hall–Kier alpha value is -4.16. The summed E-state index contributed by atoms with van der Waals surface area (Å²) < 4.78 is 20.6. The number of hydrogen-bond donors (Lipinski definition) is 6. The van der Waals surface area contributed by atoms with Crippen LogP contribution in [0.3, 0.4) is 0 Å². The van der Waals surface area contributed by atoms with Gasteiger partial charge in [-0.05, 0) is 59.4 Å². The summed E-state index contributed by atoms with van der Waals surface area (Å²) >= 11 is 0. The van der Waals surface area contributed by atoms with E-state index in [1.54, 1.807) is 48.5 Å². The lowest BCUT2D eigenvalue weighted by molar-refractivity contribution is -0.231. The number of phenols is 1. The molecule has 4 aromatic carbocycles. The second-order valence-electron chi connectivity index (χ2n) is 11.9. The first-order valence-corrected chi connectivity index (χ1v) is 15.2. The lowest BCUT2D eigenvalue weighted by Gasteiger charge is -2.48. The molecule has 1 amide bonds. The van der Waals surface area contributed by atoms with Crippen molar-refractivity contribution in [2.45, 2.75) is 55.5 Å². The molecule has 2 saturated heterocycles. The predicted octanol–water partition coefficient (Wildman–Crippen LogP) is 3.93. The first-order chi connectivity index (χ1) is 22.2. The molecule has 0 spiro atoms. The van der Waals surface area contributed by atoms with Crippen LogP contribution < -0.4 is 4.90 Å². The maximum atomic E-state index is 14.9. The van der Waals surface area contributed by atoms with Gasteiger partial charge in [0.2, 0.25) is 5.91 Å². The molecule has 0 aliphatic carbocycles. The van der Waals surface area contributed by atoms with Crippen molar-refractivity contribution in [3.8, 4) is 16.9 Å². The average Bonchev–Trinajstić information content (AvgIpc) is 3.07. The fourth-order valence-electron chi connectivity index (χ4n) is 6.53. The lowest BCUT2D eigenvalue weighted by Crippen LogP contribution is -2.55. The van der Waals surface area contributed by atoms with E-state index < -0.39 is 61.0 Å². The Balaban J connectivity index is 1.28. The van der Waals surface area contributed by atoms with Crippen LogP contribution in [-0.4, -0.2) is 67.6 Å². The van der Waals surface area contributed by atoms with Crippen LogP contribution in [0.1, 0.15) is 47.8 Å². The zero-order valence-corrected chi connectivity index (χ0v) is 24.8. The van der Waals surface area contributed by atoms with Crippen molar-refractivity contribution in [1.82, 2.24) is 0 Å². The van der Waals surface area contributed by atoms with Crippen LogP contribution in [-0.2, 0) is 9.53 Å². The van der Waals surface area contributed by atoms with Gasteiger partial charge in [0.25, 0.3) is 0 Å². The van der Waals surface area contributed by atoms with Gasteiger partial charge < -0.3 is 40.3 Å². The number of nitrogens with zero attached hydrogens (tertiary/aromatic N) is 1. The molecule has 4 aromatic rings. The molecule has 2 heterocycles. The fraction of sp³-hybridized carbons (Fsp3) is 0.306. The lowest BCUT2D eigenvalue weighted by atomic mass is 9.77. The number of aliphatic hydroxyl groups excluding tert-OH is 5. The van der Waals surface area contributed by atoms with Crippen molar-refractivity contribution >= 4 is 11.6 Å². The van der Waals surface area contributed by atoms with Gasteiger partial charge in [-0.3, -0.25) is 4.79 Å². The molecule has 240 valence electrons. The standard InChI is InChI=1S/C36H36FNO8/c37-26-11-4-5-12-27(26)38-31(25(36(38)45)15-16-28(40)20-7-2-1-3-8-20)24-14-13-22(18-29(24)41)21-9-6-10-23(17-21)35-34(44)33(43)32(42)30(19-39)46-35/h1-14,17-18,25,28,30-35,39-44H,15-16,19H2/t25-,28+,30-,31-,32-,33+,34-,35+/m1/s1. The molecule has 46 heavy (non-hydrogen) atoms. The molecule has 2 fully saturated rings.